The number of rotatable bonds is 6. The van der Waals surface area contributed by atoms with Gasteiger partial charge in [0, 0.05) is 12.0 Å². The predicted octanol–water partition coefficient (Wildman–Crippen LogP) is 5.77. The third-order valence-electron chi connectivity index (χ3n) is 7.21. The van der Waals surface area contributed by atoms with Crippen molar-refractivity contribution in [1.29, 1.82) is 0 Å². The highest BCUT2D eigenvalue weighted by molar-refractivity contribution is 6.03. The molecule has 0 unspecified atom stereocenters. The van der Waals surface area contributed by atoms with Crippen LogP contribution in [0.1, 0.15) is 47.6 Å². The second-order valence-corrected chi connectivity index (χ2v) is 9.81. The number of halogens is 1. The Balaban J connectivity index is 1.28. The number of hydrazone groups is 1. The van der Waals surface area contributed by atoms with E-state index in [1.807, 2.05) is 31.2 Å². The maximum Gasteiger partial charge on any atom is 0.257 e. The molecule has 0 radical (unpaired) electrons. The van der Waals surface area contributed by atoms with Gasteiger partial charge in [0.1, 0.15) is 5.82 Å². The largest absolute Gasteiger partial charge is 0.294 e. The fourth-order valence-electron chi connectivity index (χ4n) is 5.29. The van der Waals surface area contributed by atoms with Crippen LogP contribution in [-0.2, 0) is 11.2 Å². The van der Waals surface area contributed by atoms with Crippen molar-refractivity contribution in [1.82, 2.24) is 9.91 Å². The third-order valence-corrected chi connectivity index (χ3v) is 7.21. The highest BCUT2D eigenvalue weighted by atomic mass is 19.1. The van der Waals surface area contributed by atoms with Crippen LogP contribution in [0.5, 0.6) is 0 Å². The lowest BCUT2D eigenvalue weighted by atomic mass is 9.90. The van der Waals surface area contributed by atoms with Crippen LogP contribution in [0.15, 0.2) is 84.0 Å². The van der Waals surface area contributed by atoms with Gasteiger partial charge < -0.3 is 0 Å². The Morgan fingerprint density at radius 1 is 0.971 bits per heavy atom. The molecule has 0 aromatic heterocycles. The second-order valence-electron chi connectivity index (χ2n) is 9.81. The first kappa shape index (κ1) is 23.4. The lowest BCUT2D eigenvalue weighted by Crippen LogP contribution is -2.42. The topological polar surface area (TPSA) is 35.9 Å². The number of carbonyl (C=O) groups is 1. The van der Waals surface area contributed by atoms with Crippen molar-refractivity contribution in [3.8, 4) is 0 Å². The quantitative estimate of drug-likeness (QED) is 0.460. The lowest BCUT2D eigenvalue weighted by Gasteiger charge is -2.33. The van der Waals surface area contributed by atoms with Gasteiger partial charge in [0.05, 0.1) is 18.3 Å². The van der Waals surface area contributed by atoms with Gasteiger partial charge >= 0.3 is 0 Å². The van der Waals surface area contributed by atoms with Crippen molar-refractivity contribution in [3.63, 3.8) is 0 Å². The smallest absolute Gasteiger partial charge is 0.257 e. The van der Waals surface area contributed by atoms with Crippen LogP contribution in [0.4, 0.5) is 4.39 Å². The molecule has 180 valence electrons. The maximum absolute atomic E-state index is 14.8. The molecule has 1 fully saturated rings. The standard InChI is InChI=1S/C30H32FN3O/c1-22-8-7-11-25(18-22)28-20-29(26-12-5-6-13-27(26)31)34(32-28)30(35)21-33-16-14-24(15-17-33)19-23-9-3-2-4-10-23/h2-13,18,24,29H,14-17,19-21H2,1H3/t29-/m0/s1. The zero-order valence-corrected chi connectivity index (χ0v) is 20.2. The highest BCUT2D eigenvalue weighted by Crippen LogP contribution is 2.34. The van der Waals surface area contributed by atoms with Crippen LogP contribution < -0.4 is 0 Å². The Hall–Kier alpha value is -3.31. The number of hydrogen-bond donors (Lipinski definition) is 0. The maximum atomic E-state index is 14.8. The summed E-state index contributed by atoms with van der Waals surface area (Å²) < 4.78 is 14.8. The summed E-state index contributed by atoms with van der Waals surface area (Å²) in [5, 5.41) is 6.28. The van der Waals surface area contributed by atoms with Crippen LogP contribution in [0, 0.1) is 18.7 Å². The van der Waals surface area contributed by atoms with Crippen molar-refractivity contribution >= 4 is 11.6 Å². The second kappa shape index (κ2) is 10.5. The van der Waals surface area contributed by atoms with Gasteiger partial charge in [0.15, 0.2) is 0 Å². The van der Waals surface area contributed by atoms with E-state index in [2.05, 4.69) is 41.3 Å². The van der Waals surface area contributed by atoms with Gasteiger partial charge in [0.25, 0.3) is 5.91 Å². The summed E-state index contributed by atoms with van der Waals surface area (Å²) in [4.78, 5) is 15.7. The van der Waals surface area contributed by atoms with E-state index in [-0.39, 0.29) is 11.7 Å². The first-order chi connectivity index (χ1) is 17.1. The Morgan fingerprint density at radius 3 is 2.46 bits per heavy atom. The average molecular weight is 470 g/mol. The third kappa shape index (κ3) is 5.51. The van der Waals surface area contributed by atoms with Crippen molar-refractivity contribution in [2.24, 2.45) is 11.0 Å². The van der Waals surface area contributed by atoms with E-state index in [0.29, 0.717) is 24.4 Å². The number of carbonyl (C=O) groups excluding carboxylic acids is 1. The van der Waals surface area contributed by atoms with Crippen LogP contribution in [0.3, 0.4) is 0 Å². The van der Waals surface area contributed by atoms with Crippen LogP contribution in [0.2, 0.25) is 0 Å². The molecule has 2 aliphatic heterocycles. The summed E-state index contributed by atoms with van der Waals surface area (Å²) in [5.41, 5.74) is 4.86. The molecule has 2 aliphatic rings. The normalized spacial score (nSPS) is 19.1. The highest BCUT2D eigenvalue weighted by Gasteiger charge is 2.35. The van der Waals surface area contributed by atoms with Crippen molar-refractivity contribution in [3.05, 3.63) is 107 Å². The van der Waals surface area contributed by atoms with Crippen LogP contribution >= 0.6 is 0 Å². The molecular formula is C30H32FN3O. The first-order valence-electron chi connectivity index (χ1n) is 12.5. The predicted molar refractivity (Wildman–Crippen MR) is 138 cm³/mol. The zero-order valence-electron chi connectivity index (χ0n) is 20.2. The van der Waals surface area contributed by atoms with E-state index in [1.165, 1.54) is 16.6 Å². The van der Waals surface area contributed by atoms with E-state index >= 15 is 0 Å². The van der Waals surface area contributed by atoms with E-state index < -0.39 is 6.04 Å². The molecule has 1 amide bonds. The molecule has 5 heteroatoms. The van der Waals surface area contributed by atoms with Gasteiger partial charge in [0.2, 0.25) is 0 Å². The average Bonchev–Trinajstić information content (AvgIpc) is 3.32. The lowest BCUT2D eigenvalue weighted by molar-refractivity contribution is -0.134. The Labute approximate surface area is 207 Å². The van der Waals surface area contributed by atoms with Gasteiger partial charge in [-0.15, -0.1) is 0 Å². The molecule has 0 aliphatic carbocycles. The zero-order chi connectivity index (χ0) is 24.2. The molecule has 0 bridgehead atoms. The molecule has 0 N–H and O–H groups in total. The van der Waals surface area contributed by atoms with Gasteiger partial charge in [-0.1, -0.05) is 78.4 Å². The molecule has 3 aromatic carbocycles. The molecular weight excluding hydrogens is 437 g/mol. The Kier molecular flexibility index (Phi) is 7.05. The summed E-state index contributed by atoms with van der Waals surface area (Å²) in [5.74, 6) is 0.285. The number of piperidine rings is 1. The van der Waals surface area contributed by atoms with Gasteiger partial charge in [-0.25, -0.2) is 9.40 Å². The van der Waals surface area contributed by atoms with Gasteiger partial charge in [-0.3, -0.25) is 9.69 Å². The SMILES string of the molecule is Cc1cccc(C2=NN(C(=O)CN3CCC(Cc4ccccc4)CC3)[C@H](c3ccccc3F)C2)c1. The molecule has 3 aromatic rings. The molecule has 35 heavy (non-hydrogen) atoms. The number of likely N-dealkylation sites (tertiary alicyclic amines) is 1. The molecule has 1 atom stereocenters. The van der Waals surface area contributed by atoms with E-state index in [4.69, 9.17) is 5.10 Å². The molecule has 1 saturated heterocycles. The number of aryl methyl sites for hydroxylation is 1. The van der Waals surface area contributed by atoms with Crippen LogP contribution in [0.25, 0.3) is 0 Å². The summed E-state index contributed by atoms with van der Waals surface area (Å²) in [7, 11) is 0. The van der Waals surface area contributed by atoms with Crippen LogP contribution in [-0.4, -0.2) is 41.2 Å². The monoisotopic (exact) mass is 469 g/mol. The minimum Gasteiger partial charge on any atom is -0.294 e. The number of amides is 1. The minimum absolute atomic E-state index is 0.0672. The molecule has 0 saturated carbocycles. The van der Waals surface area contributed by atoms with E-state index in [1.54, 1.807) is 12.1 Å². The summed E-state index contributed by atoms with van der Waals surface area (Å²) >= 11 is 0. The summed E-state index contributed by atoms with van der Waals surface area (Å²) in [6.45, 7) is 4.15. The van der Waals surface area contributed by atoms with Crippen molar-refractivity contribution in [2.45, 2.75) is 38.6 Å². The number of benzene rings is 3. The Bertz CT molecular complexity index is 1200. The van der Waals surface area contributed by atoms with Gasteiger partial charge in [-0.2, -0.15) is 5.10 Å². The van der Waals surface area contributed by atoms with Crippen molar-refractivity contribution < 1.29 is 9.18 Å². The van der Waals surface area contributed by atoms with E-state index in [9.17, 15) is 9.18 Å². The number of nitrogens with zero attached hydrogens (tertiary/aromatic N) is 3. The number of hydrogen-bond acceptors (Lipinski definition) is 3. The van der Waals surface area contributed by atoms with Crippen molar-refractivity contribution in [2.75, 3.05) is 19.6 Å². The Morgan fingerprint density at radius 2 is 1.71 bits per heavy atom. The molecule has 2 heterocycles. The van der Waals surface area contributed by atoms with E-state index in [0.717, 1.165) is 49.2 Å². The molecule has 4 nitrogen and oxygen atoms in total. The fraction of sp³-hybridized carbons (Fsp3) is 0.333. The minimum atomic E-state index is -0.421. The molecule has 0 spiro atoms. The fourth-order valence-corrected chi connectivity index (χ4v) is 5.29. The summed E-state index contributed by atoms with van der Waals surface area (Å²) in [6, 6.07) is 25.0. The first-order valence-corrected chi connectivity index (χ1v) is 12.5. The molecule has 5 rings (SSSR count). The van der Waals surface area contributed by atoms with Gasteiger partial charge in [-0.05, 0) is 62.4 Å². The summed E-state index contributed by atoms with van der Waals surface area (Å²) in [6.07, 6.45) is 3.76.